The van der Waals surface area contributed by atoms with Gasteiger partial charge in [-0.05, 0) is 18.1 Å². The molecule has 1 aliphatic rings. The molecule has 1 aliphatic heterocycles. The van der Waals surface area contributed by atoms with Crippen LogP contribution in [0.1, 0.15) is 48.0 Å². The van der Waals surface area contributed by atoms with E-state index in [1.54, 1.807) is 0 Å². The first-order chi connectivity index (χ1) is 16.8. The Bertz CT molecular complexity index is 837. The number of hydrogen-bond acceptors (Lipinski definition) is 12. The van der Waals surface area contributed by atoms with Crippen molar-refractivity contribution in [3.8, 4) is 0 Å². The topological polar surface area (TPSA) is 165 Å². The van der Waals surface area contributed by atoms with E-state index < -0.39 is 66.5 Å². The van der Waals surface area contributed by atoms with E-state index in [1.807, 2.05) is 13.8 Å². The van der Waals surface area contributed by atoms with E-state index in [2.05, 4.69) is 10.6 Å². The summed E-state index contributed by atoms with van der Waals surface area (Å²) < 4.78 is 31.8. The average Bonchev–Trinajstić information content (AvgIpc) is 2.78. The molecule has 14 heteroatoms. The zero-order chi connectivity index (χ0) is 27.6. The summed E-state index contributed by atoms with van der Waals surface area (Å²) in [5.41, 5.74) is 0. The van der Waals surface area contributed by atoms with Crippen LogP contribution in [0, 0.1) is 5.92 Å². The maximum Gasteiger partial charge on any atom is 0.328 e. The van der Waals surface area contributed by atoms with E-state index in [0.29, 0.717) is 6.42 Å². The fourth-order valence-electron chi connectivity index (χ4n) is 3.45. The predicted octanol–water partition coefficient (Wildman–Crippen LogP) is 0.121. The minimum absolute atomic E-state index is 0.0633. The molecule has 36 heavy (non-hydrogen) atoms. The minimum atomic E-state index is -1.35. The van der Waals surface area contributed by atoms with E-state index in [4.69, 9.17) is 40.6 Å². The lowest BCUT2D eigenvalue weighted by Crippen LogP contribution is -2.67. The summed E-state index contributed by atoms with van der Waals surface area (Å²) in [6, 6.07) is -0.800. The van der Waals surface area contributed by atoms with E-state index in [-0.39, 0.29) is 17.6 Å². The molecule has 13 nitrogen and oxygen atoms in total. The van der Waals surface area contributed by atoms with Crippen molar-refractivity contribution in [3.05, 3.63) is 0 Å². The molecule has 0 saturated carbocycles. The number of methoxy groups -OCH3 is 1. The number of ether oxygens (including phenoxy) is 6. The molecule has 0 spiro atoms. The number of thiocarbonyl (C=S) groups is 1. The third-order valence-electron chi connectivity index (χ3n) is 5.22. The number of carbonyl (C=O) groups excluding carboxylic acids is 5. The Morgan fingerprint density at radius 2 is 1.42 bits per heavy atom. The van der Waals surface area contributed by atoms with Crippen LogP contribution in [0.3, 0.4) is 0 Å². The molecule has 1 fully saturated rings. The molecule has 7 atom stereocenters. The summed E-state index contributed by atoms with van der Waals surface area (Å²) >= 11 is 5.35. The van der Waals surface area contributed by atoms with Crippen LogP contribution in [0.15, 0.2) is 0 Å². The first-order valence-corrected chi connectivity index (χ1v) is 11.7. The number of hydrogen-bond donors (Lipinski definition) is 2. The van der Waals surface area contributed by atoms with E-state index in [1.165, 1.54) is 14.0 Å². The number of carbonyl (C=O) groups is 5. The minimum Gasteiger partial charge on any atom is -0.467 e. The standard InChI is InChI=1S/C22H34N2O11S/c1-8-10(2)16(21(29)30-7)23-22(36)24-20-19(34-14(6)28)18(33-13(5)27)17(32-12(4)26)15(35-20)9-31-11(3)25/h10,15-20H,8-9H2,1-7H3,(H2,23,24,36)/t10?,15?,16-,17+,18-,19?,20+/m0/s1. The van der Waals surface area contributed by atoms with E-state index in [0.717, 1.165) is 20.8 Å². The van der Waals surface area contributed by atoms with Gasteiger partial charge in [0.05, 0.1) is 7.11 Å². The fourth-order valence-corrected chi connectivity index (χ4v) is 3.70. The van der Waals surface area contributed by atoms with Gasteiger partial charge in [-0.3, -0.25) is 19.2 Å². The third-order valence-corrected chi connectivity index (χ3v) is 5.45. The van der Waals surface area contributed by atoms with Crippen molar-refractivity contribution >= 4 is 47.2 Å². The SMILES string of the molecule is CCC(C)[C@H](NC(=S)N[C@@H]1OC(COC(C)=O)[C@@H](OC(C)=O)[C@H](OC(C)=O)C1OC(C)=O)C(=O)OC. The highest BCUT2D eigenvalue weighted by atomic mass is 32.1. The van der Waals surface area contributed by atoms with Crippen molar-refractivity contribution in [2.45, 2.75) is 84.6 Å². The van der Waals surface area contributed by atoms with Crippen molar-refractivity contribution in [2.24, 2.45) is 5.92 Å². The summed E-state index contributed by atoms with van der Waals surface area (Å²) in [6.07, 6.45) is -5.76. The fraction of sp³-hybridized carbons (Fsp3) is 0.727. The van der Waals surface area contributed by atoms with Crippen LogP contribution >= 0.6 is 12.2 Å². The summed E-state index contributed by atoms with van der Waals surface area (Å²) in [5, 5.41) is 5.59. The Balaban J connectivity index is 3.34. The van der Waals surface area contributed by atoms with Gasteiger partial charge in [0.1, 0.15) is 18.8 Å². The van der Waals surface area contributed by atoms with Crippen LogP contribution in [-0.2, 0) is 52.4 Å². The Labute approximate surface area is 214 Å². The molecule has 2 N–H and O–H groups in total. The highest BCUT2D eigenvalue weighted by molar-refractivity contribution is 7.80. The Hall–Kier alpha value is -3.00. The monoisotopic (exact) mass is 534 g/mol. The van der Waals surface area contributed by atoms with Gasteiger partial charge in [-0.25, -0.2) is 4.79 Å². The zero-order valence-corrected chi connectivity index (χ0v) is 22.2. The molecule has 0 aromatic rings. The highest BCUT2D eigenvalue weighted by Gasteiger charge is 2.52. The molecule has 1 heterocycles. The van der Waals surface area contributed by atoms with Gasteiger partial charge in [-0.2, -0.15) is 0 Å². The summed E-state index contributed by atoms with van der Waals surface area (Å²) in [5.74, 6) is -3.60. The smallest absolute Gasteiger partial charge is 0.328 e. The molecular weight excluding hydrogens is 500 g/mol. The normalized spacial score (nSPS) is 24.8. The van der Waals surface area contributed by atoms with Crippen LogP contribution in [0.2, 0.25) is 0 Å². The molecule has 1 rings (SSSR count). The van der Waals surface area contributed by atoms with Crippen LogP contribution in [0.25, 0.3) is 0 Å². The number of rotatable bonds is 10. The molecule has 1 saturated heterocycles. The quantitative estimate of drug-likeness (QED) is 0.220. The van der Waals surface area contributed by atoms with Crippen molar-refractivity contribution in [1.82, 2.24) is 10.6 Å². The molecule has 0 radical (unpaired) electrons. The van der Waals surface area contributed by atoms with Crippen molar-refractivity contribution in [1.29, 1.82) is 0 Å². The predicted molar refractivity (Wildman–Crippen MR) is 126 cm³/mol. The van der Waals surface area contributed by atoms with E-state index in [9.17, 15) is 24.0 Å². The van der Waals surface area contributed by atoms with Crippen molar-refractivity contribution in [2.75, 3.05) is 13.7 Å². The van der Waals surface area contributed by atoms with Gasteiger partial charge >= 0.3 is 29.8 Å². The van der Waals surface area contributed by atoms with Crippen LogP contribution in [-0.4, -0.2) is 85.4 Å². The molecular formula is C22H34N2O11S. The Morgan fingerprint density at radius 1 is 0.889 bits per heavy atom. The first kappa shape index (κ1) is 31.0. The molecule has 0 aliphatic carbocycles. The molecule has 204 valence electrons. The summed E-state index contributed by atoms with van der Waals surface area (Å²) in [7, 11) is 1.25. The second-order valence-electron chi connectivity index (χ2n) is 8.12. The second-order valence-corrected chi connectivity index (χ2v) is 8.53. The highest BCUT2D eigenvalue weighted by Crippen LogP contribution is 2.28. The van der Waals surface area contributed by atoms with Crippen molar-refractivity contribution < 1.29 is 52.4 Å². The lowest BCUT2D eigenvalue weighted by Gasteiger charge is -2.44. The molecule has 0 aromatic heterocycles. The van der Waals surface area contributed by atoms with Gasteiger partial charge in [0.25, 0.3) is 0 Å². The maximum atomic E-state index is 12.2. The molecule has 3 unspecified atom stereocenters. The van der Waals surface area contributed by atoms with Gasteiger partial charge < -0.3 is 39.1 Å². The van der Waals surface area contributed by atoms with Gasteiger partial charge in [-0.1, -0.05) is 20.3 Å². The second kappa shape index (κ2) is 14.5. The Morgan fingerprint density at radius 3 is 1.89 bits per heavy atom. The Kier molecular flexibility index (Phi) is 12.5. The van der Waals surface area contributed by atoms with Gasteiger partial charge in [-0.15, -0.1) is 0 Å². The van der Waals surface area contributed by atoms with Crippen LogP contribution in [0.5, 0.6) is 0 Å². The largest absolute Gasteiger partial charge is 0.467 e. The van der Waals surface area contributed by atoms with Crippen LogP contribution in [0.4, 0.5) is 0 Å². The molecule has 0 bridgehead atoms. The molecule has 0 aromatic carbocycles. The van der Waals surface area contributed by atoms with Gasteiger partial charge in [0.15, 0.2) is 29.7 Å². The number of nitrogens with one attached hydrogen (secondary N) is 2. The maximum absolute atomic E-state index is 12.2. The average molecular weight is 535 g/mol. The van der Waals surface area contributed by atoms with E-state index >= 15 is 0 Å². The molecule has 0 amide bonds. The lowest BCUT2D eigenvalue weighted by molar-refractivity contribution is -0.254. The zero-order valence-electron chi connectivity index (χ0n) is 21.4. The summed E-state index contributed by atoms with van der Waals surface area (Å²) in [6.45, 7) is 7.87. The van der Waals surface area contributed by atoms with Gasteiger partial charge in [0.2, 0.25) is 0 Å². The first-order valence-electron chi connectivity index (χ1n) is 11.3. The lowest BCUT2D eigenvalue weighted by atomic mass is 9.97. The number of esters is 5. The third kappa shape index (κ3) is 9.57. The summed E-state index contributed by atoms with van der Waals surface area (Å²) in [4.78, 5) is 59.3. The van der Waals surface area contributed by atoms with Crippen molar-refractivity contribution in [3.63, 3.8) is 0 Å². The van der Waals surface area contributed by atoms with Gasteiger partial charge in [0, 0.05) is 27.7 Å². The van der Waals surface area contributed by atoms with Crippen LogP contribution < -0.4 is 10.6 Å².